The SMILES string of the molecule is Cc1sc2ncnc(NCCC(=O)N3CCCC4(CC3)Cc3c(N)nc(N)nc3O4)c2c1C. The molecular weight excluding hydrogens is 440 g/mol. The summed E-state index contributed by atoms with van der Waals surface area (Å²) in [5.41, 5.74) is 13.4. The Morgan fingerprint density at radius 1 is 1.24 bits per heavy atom. The van der Waals surface area contributed by atoms with Crippen LogP contribution >= 0.6 is 11.3 Å². The summed E-state index contributed by atoms with van der Waals surface area (Å²) < 4.78 is 6.22. The molecule has 10 nitrogen and oxygen atoms in total. The first kappa shape index (κ1) is 21.6. The van der Waals surface area contributed by atoms with Gasteiger partial charge < -0.3 is 26.4 Å². The Morgan fingerprint density at radius 3 is 2.94 bits per heavy atom. The van der Waals surface area contributed by atoms with Gasteiger partial charge in [0.2, 0.25) is 17.7 Å². The molecule has 174 valence electrons. The summed E-state index contributed by atoms with van der Waals surface area (Å²) in [7, 11) is 0. The number of ether oxygens (including phenoxy) is 1. The number of fused-ring (bicyclic) bond motifs is 2. The zero-order valence-electron chi connectivity index (χ0n) is 18.8. The second kappa shape index (κ2) is 8.29. The lowest BCUT2D eigenvalue weighted by atomic mass is 9.90. The molecule has 5 heterocycles. The largest absolute Gasteiger partial charge is 0.470 e. The maximum absolute atomic E-state index is 13.0. The van der Waals surface area contributed by atoms with Gasteiger partial charge in [-0.05, 0) is 32.3 Å². The van der Waals surface area contributed by atoms with Gasteiger partial charge in [0.05, 0.1) is 10.9 Å². The van der Waals surface area contributed by atoms with Gasteiger partial charge in [0.15, 0.2) is 0 Å². The maximum Gasteiger partial charge on any atom is 0.225 e. The lowest BCUT2D eigenvalue weighted by Crippen LogP contribution is -2.37. The van der Waals surface area contributed by atoms with E-state index < -0.39 is 5.60 Å². The van der Waals surface area contributed by atoms with E-state index in [4.69, 9.17) is 16.2 Å². The molecular formula is C22H28N8O2S. The van der Waals surface area contributed by atoms with E-state index in [1.165, 1.54) is 10.4 Å². The van der Waals surface area contributed by atoms with Crippen molar-refractivity contribution < 1.29 is 9.53 Å². The van der Waals surface area contributed by atoms with Crippen molar-refractivity contribution in [3.8, 4) is 5.88 Å². The van der Waals surface area contributed by atoms with Gasteiger partial charge >= 0.3 is 0 Å². The Morgan fingerprint density at radius 2 is 2.09 bits per heavy atom. The van der Waals surface area contributed by atoms with Gasteiger partial charge in [0.25, 0.3) is 0 Å². The van der Waals surface area contributed by atoms with E-state index in [-0.39, 0.29) is 11.9 Å². The highest BCUT2D eigenvalue weighted by atomic mass is 32.1. The third kappa shape index (κ3) is 4.01. The second-order valence-corrected chi connectivity index (χ2v) is 10.0. The number of likely N-dealkylation sites (tertiary alicyclic amines) is 1. The number of thiophene rings is 1. The van der Waals surface area contributed by atoms with Crippen LogP contribution in [0.3, 0.4) is 0 Å². The molecule has 0 radical (unpaired) electrons. The summed E-state index contributed by atoms with van der Waals surface area (Å²) in [4.78, 5) is 34.1. The number of nitrogens with one attached hydrogen (secondary N) is 1. The zero-order chi connectivity index (χ0) is 23.2. The summed E-state index contributed by atoms with van der Waals surface area (Å²) in [6, 6.07) is 0. The summed E-state index contributed by atoms with van der Waals surface area (Å²) in [6.45, 7) is 6.04. The molecule has 2 aliphatic heterocycles. The Kier molecular flexibility index (Phi) is 5.43. The van der Waals surface area contributed by atoms with Crippen molar-refractivity contribution in [3.05, 3.63) is 22.3 Å². The highest BCUT2D eigenvalue weighted by Crippen LogP contribution is 2.42. The zero-order valence-corrected chi connectivity index (χ0v) is 19.7. The summed E-state index contributed by atoms with van der Waals surface area (Å²) in [5.74, 6) is 1.91. The van der Waals surface area contributed by atoms with E-state index in [2.05, 4.69) is 39.1 Å². The van der Waals surface area contributed by atoms with Crippen LogP contribution in [0.25, 0.3) is 10.2 Å². The number of hydrogen-bond donors (Lipinski definition) is 3. The minimum atomic E-state index is -0.396. The number of nitrogens with zero attached hydrogens (tertiary/aromatic N) is 5. The van der Waals surface area contributed by atoms with E-state index in [0.717, 1.165) is 40.9 Å². The van der Waals surface area contributed by atoms with Crippen LogP contribution in [0.2, 0.25) is 0 Å². The van der Waals surface area contributed by atoms with Crippen LogP contribution in [0.4, 0.5) is 17.6 Å². The number of amides is 1. The fourth-order valence-corrected chi connectivity index (χ4v) is 5.77. The molecule has 1 spiro atoms. The van der Waals surface area contributed by atoms with Gasteiger partial charge in [-0.15, -0.1) is 11.3 Å². The van der Waals surface area contributed by atoms with Crippen LogP contribution in [0.1, 0.15) is 41.7 Å². The molecule has 0 saturated carbocycles. The number of nitrogens with two attached hydrogens (primary N) is 2. The number of aryl methyl sites for hydroxylation is 2. The second-order valence-electron chi connectivity index (χ2n) is 8.81. The van der Waals surface area contributed by atoms with E-state index in [1.807, 2.05) is 4.90 Å². The fourth-order valence-electron chi connectivity index (χ4n) is 4.77. The molecule has 33 heavy (non-hydrogen) atoms. The first-order valence-corrected chi connectivity index (χ1v) is 12.0. The molecule has 3 aromatic heterocycles. The monoisotopic (exact) mass is 468 g/mol. The summed E-state index contributed by atoms with van der Waals surface area (Å²) >= 11 is 1.66. The van der Waals surface area contributed by atoms with Crippen LogP contribution in [0.5, 0.6) is 5.88 Å². The Hall–Kier alpha value is -3.21. The molecule has 3 aromatic rings. The molecule has 1 unspecified atom stereocenters. The first-order chi connectivity index (χ1) is 15.8. The lowest BCUT2D eigenvalue weighted by Gasteiger charge is -2.27. The van der Waals surface area contributed by atoms with Crippen molar-refractivity contribution in [1.82, 2.24) is 24.8 Å². The maximum atomic E-state index is 13.0. The average molecular weight is 469 g/mol. The third-order valence-electron chi connectivity index (χ3n) is 6.68. The topological polar surface area (TPSA) is 145 Å². The number of nitrogen functional groups attached to an aromatic ring is 2. The van der Waals surface area contributed by atoms with Gasteiger partial charge in [-0.3, -0.25) is 4.79 Å². The molecule has 0 aromatic carbocycles. The number of anilines is 3. The summed E-state index contributed by atoms with van der Waals surface area (Å²) in [6.07, 6.45) is 5.04. The Labute approximate surface area is 195 Å². The minimum Gasteiger partial charge on any atom is -0.470 e. The molecule has 1 atom stereocenters. The highest BCUT2D eigenvalue weighted by Gasteiger charge is 2.43. The van der Waals surface area contributed by atoms with Gasteiger partial charge in [-0.2, -0.15) is 9.97 Å². The lowest BCUT2D eigenvalue weighted by molar-refractivity contribution is -0.131. The van der Waals surface area contributed by atoms with Crippen LogP contribution < -0.4 is 21.5 Å². The van der Waals surface area contributed by atoms with Gasteiger partial charge in [-0.25, -0.2) is 9.97 Å². The summed E-state index contributed by atoms with van der Waals surface area (Å²) in [5, 5.41) is 4.39. The van der Waals surface area contributed by atoms with Crippen molar-refractivity contribution >= 4 is 45.0 Å². The van der Waals surface area contributed by atoms with Crippen molar-refractivity contribution in [2.75, 3.05) is 36.4 Å². The number of hydrogen-bond acceptors (Lipinski definition) is 10. The minimum absolute atomic E-state index is 0.120. The molecule has 0 aliphatic carbocycles. The average Bonchev–Trinajstić information content (AvgIpc) is 3.19. The van der Waals surface area contributed by atoms with Crippen molar-refractivity contribution in [2.24, 2.45) is 0 Å². The normalized spacial score (nSPS) is 20.0. The van der Waals surface area contributed by atoms with Crippen molar-refractivity contribution in [1.29, 1.82) is 0 Å². The van der Waals surface area contributed by atoms with E-state index >= 15 is 0 Å². The molecule has 0 bridgehead atoms. The van der Waals surface area contributed by atoms with Gasteiger partial charge in [-0.1, -0.05) is 0 Å². The third-order valence-corrected chi connectivity index (χ3v) is 7.79. The predicted octanol–water partition coefficient (Wildman–Crippen LogP) is 2.45. The van der Waals surface area contributed by atoms with Crippen molar-refractivity contribution in [3.63, 3.8) is 0 Å². The number of aromatic nitrogens is 4. The van der Waals surface area contributed by atoms with E-state index in [1.54, 1.807) is 17.7 Å². The number of carbonyl (C=O) groups excluding carboxylic acids is 1. The molecule has 11 heteroatoms. The Bertz CT molecular complexity index is 1230. The fraction of sp³-hybridized carbons (Fsp3) is 0.500. The number of carbonyl (C=O) groups is 1. The smallest absolute Gasteiger partial charge is 0.225 e. The van der Waals surface area contributed by atoms with Crippen molar-refractivity contribution in [2.45, 2.75) is 51.6 Å². The standard InChI is InChI=1S/C22H28N8O2S/c1-12-13(2)33-20-16(12)18(26-11-27-20)25-7-4-15(31)30-8-3-5-22(6-9-30)10-14-17(23)28-21(24)29-19(14)32-22/h11H,3-10H2,1-2H3,(H,25,26,27)(H4,23,24,28,29). The van der Waals surface area contributed by atoms with Crippen LogP contribution in [-0.2, 0) is 11.2 Å². The van der Waals surface area contributed by atoms with Crippen LogP contribution in [-0.4, -0.2) is 56.0 Å². The molecule has 1 amide bonds. The predicted molar refractivity (Wildman–Crippen MR) is 128 cm³/mol. The number of rotatable bonds is 4. The van der Waals surface area contributed by atoms with E-state index in [0.29, 0.717) is 44.2 Å². The molecule has 1 saturated heterocycles. The van der Waals surface area contributed by atoms with E-state index in [9.17, 15) is 4.79 Å². The van der Waals surface area contributed by atoms with Gasteiger partial charge in [0.1, 0.15) is 28.4 Å². The Balaban J connectivity index is 1.19. The first-order valence-electron chi connectivity index (χ1n) is 11.2. The molecule has 5 N–H and O–H groups in total. The van der Waals surface area contributed by atoms with Crippen LogP contribution in [0, 0.1) is 13.8 Å². The molecule has 5 rings (SSSR count). The molecule has 2 aliphatic rings. The van der Waals surface area contributed by atoms with Gasteiger partial charge in [0, 0.05) is 43.8 Å². The van der Waals surface area contributed by atoms with Crippen LogP contribution in [0.15, 0.2) is 6.33 Å². The molecule has 1 fully saturated rings. The highest BCUT2D eigenvalue weighted by molar-refractivity contribution is 7.18. The quantitative estimate of drug-likeness (QED) is 0.525.